The van der Waals surface area contributed by atoms with Crippen molar-refractivity contribution in [2.45, 2.75) is 0 Å². The maximum Gasteiger partial charge on any atom is 0.322 e. The van der Waals surface area contributed by atoms with Gasteiger partial charge in [0.1, 0.15) is 13.1 Å². The molecule has 1 aliphatic rings. The molecule has 11 heteroatoms. The van der Waals surface area contributed by atoms with E-state index in [1.807, 2.05) is 0 Å². The second-order valence-electron chi connectivity index (χ2n) is 4.79. The molecule has 1 aromatic rings. The number of nitrogens with one attached hydrogen (secondary N) is 1. The first kappa shape index (κ1) is 18.1. The zero-order chi connectivity index (χ0) is 18.6. The molecule has 3 amide bonds. The molecular formula is C14H11N3O7S. The maximum absolute atomic E-state index is 12.2. The van der Waals surface area contributed by atoms with Gasteiger partial charge in [0.15, 0.2) is 0 Å². The smallest absolute Gasteiger partial charge is 0.322 e. The summed E-state index contributed by atoms with van der Waals surface area (Å²) in [5.41, 5.74) is 0.367. The van der Waals surface area contributed by atoms with Crippen LogP contribution in [0.5, 0.6) is 0 Å². The molecule has 0 unspecified atom stereocenters. The van der Waals surface area contributed by atoms with E-state index in [9.17, 15) is 29.3 Å². The Labute approximate surface area is 144 Å². The number of carbonyl (C=O) groups excluding carboxylic acids is 3. The molecule has 0 radical (unpaired) electrons. The summed E-state index contributed by atoms with van der Waals surface area (Å²) >= 11 is 0.622. The van der Waals surface area contributed by atoms with Crippen LogP contribution in [-0.4, -0.2) is 51.0 Å². The molecule has 2 rings (SSSR count). The molecule has 2 N–H and O–H groups in total. The van der Waals surface area contributed by atoms with E-state index in [4.69, 9.17) is 5.11 Å². The van der Waals surface area contributed by atoms with Crippen LogP contribution in [0.1, 0.15) is 5.56 Å². The molecule has 0 atom stereocenters. The predicted octanol–water partition coefficient (Wildman–Crippen LogP) is 0.832. The van der Waals surface area contributed by atoms with Gasteiger partial charge in [0, 0.05) is 12.1 Å². The molecule has 25 heavy (non-hydrogen) atoms. The Balaban J connectivity index is 2.08. The lowest BCUT2D eigenvalue weighted by atomic mass is 10.2. The number of rotatable bonds is 6. The molecule has 0 aromatic heterocycles. The highest BCUT2D eigenvalue weighted by atomic mass is 32.2. The summed E-state index contributed by atoms with van der Waals surface area (Å²) in [4.78, 5) is 56.7. The topological polar surface area (TPSA) is 147 Å². The highest BCUT2D eigenvalue weighted by Gasteiger charge is 2.36. The Bertz CT molecular complexity index is 788. The van der Waals surface area contributed by atoms with Gasteiger partial charge in [0.2, 0.25) is 5.91 Å². The monoisotopic (exact) mass is 365 g/mol. The number of carboxylic acids is 1. The van der Waals surface area contributed by atoms with Gasteiger partial charge in [-0.05, 0) is 35.5 Å². The number of nitro groups is 1. The molecule has 1 saturated heterocycles. The normalized spacial score (nSPS) is 15.5. The van der Waals surface area contributed by atoms with Crippen LogP contribution < -0.4 is 5.32 Å². The van der Waals surface area contributed by atoms with Gasteiger partial charge < -0.3 is 10.4 Å². The van der Waals surface area contributed by atoms with Crippen molar-refractivity contribution in [2.75, 3.05) is 13.1 Å². The number of thioether (sulfide) groups is 1. The lowest BCUT2D eigenvalue weighted by Crippen LogP contribution is -2.41. The third-order valence-electron chi connectivity index (χ3n) is 3.01. The summed E-state index contributed by atoms with van der Waals surface area (Å²) in [5.74, 6) is -2.72. The van der Waals surface area contributed by atoms with E-state index in [2.05, 4.69) is 5.32 Å². The van der Waals surface area contributed by atoms with Crippen molar-refractivity contribution >= 4 is 46.5 Å². The van der Waals surface area contributed by atoms with Crippen molar-refractivity contribution in [1.29, 1.82) is 0 Å². The fourth-order valence-corrected chi connectivity index (χ4v) is 2.69. The highest BCUT2D eigenvalue weighted by molar-refractivity contribution is 8.18. The zero-order valence-electron chi connectivity index (χ0n) is 12.5. The van der Waals surface area contributed by atoms with Crippen LogP contribution in [0.4, 0.5) is 10.5 Å². The molecule has 130 valence electrons. The van der Waals surface area contributed by atoms with E-state index < -0.39 is 41.0 Å². The van der Waals surface area contributed by atoms with Crippen LogP contribution in [0.25, 0.3) is 6.08 Å². The minimum atomic E-state index is -1.25. The summed E-state index contributed by atoms with van der Waals surface area (Å²) in [6.07, 6.45) is 1.38. The van der Waals surface area contributed by atoms with Gasteiger partial charge in [-0.3, -0.25) is 34.2 Å². The Kier molecular flexibility index (Phi) is 5.49. The number of hydrogen-bond donors (Lipinski definition) is 2. The molecule has 0 spiro atoms. The van der Waals surface area contributed by atoms with Gasteiger partial charge in [-0.15, -0.1) is 0 Å². The predicted molar refractivity (Wildman–Crippen MR) is 86.4 cm³/mol. The van der Waals surface area contributed by atoms with E-state index in [1.54, 1.807) is 0 Å². The second kappa shape index (κ2) is 7.57. The van der Waals surface area contributed by atoms with E-state index in [0.29, 0.717) is 22.2 Å². The average molecular weight is 365 g/mol. The number of benzene rings is 1. The van der Waals surface area contributed by atoms with Gasteiger partial charge in [-0.25, -0.2) is 0 Å². The molecule has 10 nitrogen and oxygen atoms in total. The molecule has 0 aliphatic carbocycles. The van der Waals surface area contributed by atoms with Gasteiger partial charge in [0.25, 0.3) is 16.8 Å². The highest BCUT2D eigenvalue weighted by Crippen LogP contribution is 2.32. The van der Waals surface area contributed by atoms with Gasteiger partial charge >= 0.3 is 5.97 Å². The van der Waals surface area contributed by atoms with E-state index in [0.717, 1.165) is 0 Å². The number of nitrogens with zero attached hydrogens (tertiary/aromatic N) is 2. The SMILES string of the molecule is O=C(O)CNC(=O)CN1C(=O)S/C(=C\c2ccc([N+](=O)[O-])cc2)C1=O. The molecule has 1 heterocycles. The van der Waals surface area contributed by atoms with E-state index in [1.165, 1.54) is 30.3 Å². The Morgan fingerprint density at radius 2 is 1.92 bits per heavy atom. The lowest BCUT2D eigenvalue weighted by Gasteiger charge is -2.11. The van der Waals surface area contributed by atoms with Gasteiger partial charge in [-0.1, -0.05) is 0 Å². The van der Waals surface area contributed by atoms with Crippen LogP contribution in [-0.2, 0) is 14.4 Å². The third-order valence-corrected chi connectivity index (χ3v) is 3.92. The van der Waals surface area contributed by atoms with Crippen LogP contribution in [0.3, 0.4) is 0 Å². The Hall–Kier alpha value is -3.21. The first-order chi connectivity index (χ1) is 11.8. The number of aliphatic carboxylic acids is 1. The third kappa shape index (κ3) is 4.64. The number of amides is 3. The molecule has 1 aromatic carbocycles. The van der Waals surface area contributed by atoms with Crippen LogP contribution in [0.15, 0.2) is 29.2 Å². The molecule has 0 bridgehead atoms. The zero-order valence-corrected chi connectivity index (χ0v) is 13.3. The number of hydrogen-bond acceptors (Lipinski definition) is 7. The van der Waals surface area contributed by atoms with Gasteiger partial charge in [0.05, 0.1) is 9.83 Å². The molecule has 0 saturated carbocycles. The standard InChI is InChI=1S/C14H11N3O7S/c18-11(15-6-12(19)20)7-16-13(21)10(25-14(16)22)5-8-1-3-9(4-2-8)17(23)24/h1-5H,6-7H2,(H,15,18)(H,19,20)/b10-5-. The van der Waals surface area contributed by atoms with Gasteiger partial charge in [-0.2, -0.15) is 0 Å². The number of non-ortho nitro benzene ring substituents is 1. The van der Waals surface area contributed by atoms with Crippen molar-refractivity contribution in [3.8, 4) is 0 Å². The van der Waals surface area contributed by atoms with Crippen LogP contribution >= 0.6 is 11.8 Å². The van der Waals surface area contributed by atoms with Crippen LogP contribution in [0.2, 0.25) is 0 Å². The maximum atomic E-state index is 12.2. The summed E-state index contributed by atoms with van der Waals surface area (Å²) in [7, 11) is 0. The van der Waals surface area contributed by atoms with Crippen molar-refractivity contribution < 1.29 is 29.2 Å². The Morgan fingerprint density at radius 3 is 2.48 bits per heavy atom. The molecule has 1 fully saturated rings. The summed E-state index contributed by atoms with van der Waals surface area (Å²) in [5, 5.41) is 20.5. The average Bonchev–Trinajstić information content (AvgIpc) is 2.81. The van der Waals surface area contributed by atoms with E-state index >= 15 is 0 Å². The summed E-state index contributed by atoms with van der Waals surface area (Å²) in [6, 6.07) is 5.36. The van der Waals surface area contributed by atoms with Crippen molar-refractivity contribution in [3.05, 3.63) is 44.8 Å². The molecular weight excluding hydrogens is 354 g/mol. The number of carboxylic acid groups (broad SMARTS) is 1. The number of imide groups is 1. The quantitative estimate of drug-likeness (QED) is 0.428. The minimum Gasteiger partial charge on any atom is -0.480 e. The largest absolute Gasteiger partial charge is 0.480 e. The summed E-state index contributed by atoms with van der Waals surface area (Å²) in [6.45, 7) is -1.21. The van der Waals surface area contributed by atoms with Crippen molar-refractivity contribution in [2.24, 2.45) is 0 Å². The van der Waals surface area contributed by atoms with Crippen molar-refractivity contribution in [3.63, 3.8) is 0 Å². The Morgan fingerprint density at radius 1 is 1.28 bits per heavy atom. The van der Waals surface area contributed by atoms with Crippen molar-refractivity contribution in [1.82, 2.24) is 10.2 Å². The molecule has 1 aliphatic heterocycles. The second-order valence-corrected chi connectivity index (χ2v) is 5.78. The fraction of sp³-hybridized carbons (Fsp3) is 0.143. The first-order valence-corrected chi connectivity index (χ1v) is 7.58. The first-order valence-electron chi connectivity index (χ1n) is 6.76. The lowest BCUT2D eigenvalue weighted by molar-refractivity contribution is -0.384. The number of carbonyl (C=O) groups is 4. The van der Waals surface area contributed by atoms with Crippen LogP contribution in [0, 0.1) is 10.1 Å². The fourth-order valence-electron chi connectivity index (χ4n) is 1.85. The van der Waals surface area contributed by atoms with E-state index in [-0.39, 0.29) is 10.6 Å². The summed E-state index contributed by atoms with van der Waals surface area (Å²) < 4.78 is 0. The minimum absolute atomic E-state index is 0.0601. The number of nitro benzene ring substituents is 1.